The summed E-state index contributed by atoms with van der Waals surface area (Å²) in [5, 5.41) is 0. The van der Waals surface area contributed by atoms with Crippen LogP contribution in [-0.2, 0) is 0 Å². The Kier molecular flexibility index (Phi) is 2.96. The Morgan fingerprint density at radius 2 is 2.45 bits per heavy atom. The van der Waals surface area contributed by atoms with E-state index in [1.54, 1.807) is 0 Å². The highest BCUT2D eigenvalue weighted by atomic mass is 79.9. The second kappa shape index (κ2) is 3.78. The van der Waals surface area contributed by atoms with Crippen molar-refractivity contribution < 1.29 is 9.15 Å². The fourth-order valence-electron chi connectivity index (χ4n) is 0.723. The lowest BCUT2D eigenvalue weighted by Gasteiger charge is -1.99. The lowest BCUT2D eigenvalue weighted by atomic mass is 10.4. The molecule has 0 atom stereocenters. The van der Waals surface area contributed by atoms with E-state index in [9.17, 15) is 0 Å². The van der Waals surface area contributed by atoms with Crippen LogP contribution in [0.4, 0.5) is 0 Å². The molecular weight excluding hydrogens is 210 g/mol. The summed E-state index contributed by atoms with van der Waals surface area (Å²) in [6.45, 7) is 2.90. The van der Waals surface area contributed by atoms with E-state index in [0.717, 1.165) is 5.56 Å². The minimum absolute atomic E-state index is 0.487. The molecule has 0 saturated heterocycles. The smallest absolute Gasteiger partial charge is 0.288 e. The van der Waals surface area contributed by atoms with E-state index >= 15 is 0 Å². The second-order valence-corrected chi connectivity index (χ2v) is 2.94. The molecule has 0 saturated carbocycles. The van der Waals surface area contributed by atoms with Crippen LogP contribution in [0, 0.1) is 6.92 Å². The van der Waals surface area contributed by atoms with Crippen LogP contribution >= 0.6 is 15.9 Å². The first kappa shape index (κ1) is 8.62. The number of hydrogen-bond acceptors (Lipinski definition) is 3. The average Bonchev–Trinajstić information content (AvgIpc) is 2.26. The average molecular weight is 220 g/mol. The van der Waals surface area contributed by atoms with Gasteiger partial charge in [0, 0.05) is 12.1 Å². The van der Waals surface area contributed by atoms with Gasteiger partial charge in [0.1, 0.15) is 6.61 Å². The summed E-state index contributed by atoms with van der Waals surface area (Å²) in [4.78, 5) is 0. The third kappa shape index (κ3) is 2.24. The molecule has 4 heteroatoms. The van der Waals surface area contributed by atoms with Gasteiger partial charge in [0.25, 0.3) is 5.95 Å². The first-order chi connectivity index (χ1) is 5.24. The van der Waals surface area contributed by atoms with Gasteiger partial charge in [0.2, 0.25) is 0 Å². The Bertz CT molecular complexity index is 234. The molecular formula is C7H10BrNO2. The predicted molar refractivity (Wildman–Crippen MR) is 45.7 cm³/mol. The predicted octanol–water partition coefficient (Wildman–Crippen LogP) is 1.69. The van der Waals surface area contributed by atoms with Crippen molar-refractivity contribution in [2.24, 2.45) is 5.73 Å². The van der Waals surface area contributed by atoms with E-state index in [-0.39, 0.29) is 0 Å². The molecule has 0 radical (unpaired) electrons. The van der Waals surface area contributed by atoms with Crippen LogP contribution in [0.3, 0.4) is 0 Å². The van der Waals surface area contributed by atoms with E-state index in [0.29, 0.717) is 23.8 Å². The van der Waals surface area contributed by atoms with Crippen LogP contribution in [0.2, 0.25) is 0 Å². The molecule has 1 aromatic rings. The van der Waals surface area contributed by atoms with Crippen molar-refractivity contribution >= 4 is 15.9 Å². The quantitative estimate of drug-likeness (QED) is 0.842. The number of hydrogen-bond donors (Lipinski definition) is 1. The van der Waals surface area contributed by atoms with Gasteiger partial charge < -0.3 is 14.9 Å². The highest BCUT2D eigenvalue weighted by Gasteiger charge is 2.05. The summed E-state index contributed by atoms with van der Waals surface area (Å²) < 4.78 is 11.0. The zero-order valence-corrected chi connectivity index (χ0v) is 7.85. The van der Waals surface area contributed by atoms with Gasteiger partial charge in [-0.1, -0.05) is 0 Å². The molecule has 0 amide bonds. The van der Waals surface area contributed by atoms with Crippen molar-refractivity contribution in [3.8, 4) is 5.95 Å². The van der Waals surface area contributed by atoms with Gasteiger partial charge in [-0.25, -0.2) is 0 Å². The third-order valence-electron chi connectivity index (χ3n) is 1.19. The van der Waals surface area contributed by atoms with Crippen molar-refractivity contribution in [2.75, 3.05) is 13.2 Å². The molecule has 0 aliphatic rings. The molecule has 1 heterocycles. The molecule has 0 spiro atoms. The lowest BCUT2D eigenvalue weighted by molar-refractivity contribution is 0.244. The van der Waals surface area contributed by atoms with E-state index < -0.39 is 0 Å². The summed E-state index contributed by atoms with van der Waals surface area (Å²) in [7, 11) is 0. The Hall–Kier alpha value is -0.480. The molecule has 0 bridgehead atoms. The standard InChI is InChI=1S/C7H10BrNO2/c1-5-4-6(8)11-7(5)10-3-2-9/h4H,2-3,9H2,1H3. The number of aryl methyl sites for hydroxylation is 1. The Morgan fingerprint density at radius 1 is 1.73 bits per heavy atom. The Morgan fingerprint density at radius 3 is 2.91 bits per heavy atom. The molecule has 1 rings (SSSR count). The van der Waals surface area contributed by atoms with E-state index in [2.05, 4.69) is 15.9 Å². The first-order valence-corrected chi connectivity index (χ1v) is 4.12. The molecule has 0 aromatic carbocycles. The SMILES string of the molecule is Cc1cc(Br)oc1OCCN. The maximum atomic E-state index is 5.25. The van der Waals surface area contributed by atoms with Gasteiger partial charge in [0.05, 0.1) is 0 Å². The third-order valence-corrected chi connectivity index (χ3v) is 1.58. The van der Waals surface area contributed by atoms with Gasteiger partial charge >= 0.3 is 0 Å². The van der Waals surface area contributed by atoms with Crippen LogP contribution in [0.1, 0.15) is 5.56 Å². The van der Waals surface area contributed by atoms with Crippen LogP contribution in [0.15, 0.2) is 15.2 Å². The molecule has 0 fully saturated rings. The second-order valence-electron chi connectivity index (χ2n) is 2.16. The van der Waals surface area contributed by atoms with Crippen LogP contribution in [-0.4, -0.2) is 13.2 Å². The molecule has 0 aliphatic carbocycles. The minimum atomic E-state index is 0.487. The first-order valence-electron chi connectivity index (χ1n) is 3.33. The lowest BCUT2D eigenvalue weighted by Crippen LogP contribution is -2.10. The maximum absolute atomic E-state index is 5.25. The monoisotopic (exact) mass is 219 g/mol. The molecule has 62 valence electrons. The number of halogens is 1. The summed E-state index contributed by atoms with van der Waals surface area (Å²) >= 11 is 3.20. The number of rotatable bonds is 3. The van der Waals surface area contributed by atoms with Gasteiger partial charge in [0.15, 0.2) is 4.67 Å². The molecule has 0 unspecified atom stereocenters. The van der Waals surface area contributed by atoms with Gasteiger partial charge in [-0.2, -0.15) is 0 Å². The fourth-order valence-corrected chi connectivity index (χ4v) is 1.21. The van der Waals surface area contributed by atoms with Gasteiger partial charge in [-0.15, -0.1) is 0 Å². The Labute approximate surface area is 73.6 Å². The highest BCUT2D eigenvalue weighted by molar-refractivity contribution is 9.10. The maximum Gasteiger partial charge on any atom is 0.288 e. The van der Waals surface area contributed by atoms with Crippen molar-refractivity contribution in [1.29, 1.82) is 0 Å². The van der Waals surface area contributed by atoms with Crippen LogP contribution in [0.25, 0.3) is 0 Å². The molecule has 2 N–H and O–H groups in total. The number of ether oxygens (including phenoxy) is 1. The zero-order valence-electron chi connectivity index (χ0n) is 6.26. The zero-order chi connectivity index (χ0) is 8.27. The van der Waals surface area contributed by atoms with Gasteiger partial charge in [-0.3, -0.25) is 0 Å². The normalized spacial score (nSPS) is 10.1. The highest BCUT2D eigenvalue weighted by Crippen LogP contribution is 2.25. The molecule has 11 heavy (non-hydrogen) atoms. The fraction of sp³-hybridized carbons (Fsp3) is 0.429. The molecule has 3 nitrogen and oxygen atoms in total. The number of nitrogens with two attached hydrogens (primary N) is 1. The van der Waals surface area contributed by atoms with E-state index in [1.165, 1.54) is 0 Å². The topological polar surface area (TPSA) is 48.4 Å². The summed E-state index contributed by atoms with van der Waals surface area (Å²) in [6.07, 6.45) is 0. The van der Waals surface area contributed by atoms with Crippen molar-refractivity contribution in [1.82, 2.24) is 0 Å². The van der Waals surface area contributed by atoms with Crippen LogP contribution < -0.4 is 10.5 Å². The van der Waals surface area contributed by atoms with Gasteiger partial charge in [-0.05, 0) is 28.9 Å². The summed E-state index contributed by atoms with van der Waals surface area (Å²) in [5.41, 5.74) is 6.23. The van der Waals surface area contributed by atoms with Crippen molar-refractivity contribution in [2.45, 2.75) is 6.92 Å². The largest absolute Gasteiger partial charge is 0.464 e. The minimum Gasteiger partial charge on any atom is -0.464 e. The Balaban J connectivity index is 2.62. The van der Waals surface area contributed by atoms with Crippen molar-refractivity contribution in [3.63, 3.8) is 0 Å². The number of furan rings is 1. The summed E-state index contributed by atoms with van der Waals surface area (Å²) in [5.74, 6) is 0.544. The van der Waals surface area contributed by atoms with Crippen LogP contribution in [0.5, 0.6) is 5.95 Å². The van der Waals surface area contributed by atoms with E-state index in [1.807, 2.05) is 13.0 Å². The van der Waals surface area contributed by atoms with Crippen molar-refractivity contribution in [3.05, 3.63) is 16.3 Å². The molecule has 1 aromatic heterocycles. The molecule has 0 aliphatic heterocycles. The summed E-state index contributed by atoms with van der Waals surface area (Å²) in [6, 6.07) is 1.85. The van der Waals surface area contributed by atoms with E-state index in [4.69, 9.17) is 14.9 Å².